The molecule has 0 radical (unpaired) electrons. The van der Waals surface area contributed by atoms with Crippen LogP contribution in [-0.2, 0) is 0 Å². The van der Waals surface area contributed by atoms with E-state index in [-0.39, 0.29) is 5.54 Å². The Morgan fingerprint density at radius 3 is 3.00 bits per heavy atom. The van der Waals surface area contributed by atoms with Gasteiger partial charge in [0.05, 0.1) is 17.9 Å². The van der Waals surface area contributed by atoms with Crippen molar-refractivity contribution in [3.8, 4) is 5.75 Å². The highest BCUT2D eigenvalue weighted by Gasteiger charge is 2.51. The summed E-state index contributed by atoms with van der Waals surface area (Å²) in [5.41, 5.74) is 2.22. The lowest BCUT2D eigenvalue weighted by Gasteiger charge is -2.35. The Balaban J connectivity index is 1.96. The van der Waals surface area contributed by atoms with Gasteiger partial charge in [0.25, 0.3) is 0 Å². The van der Waals surface area contributed by atoms with E-state index in [1.54, 1.807) is 4.52 Å². The lowest BCUT2D eigenvalue weighted by Crippen LogP contribution is -2.43. The summed E-state index contributed by atoms with van der Waals surface area (Å²) in [6.07, 6.45) is 6.17. The number of nitrogens with zero attached hydrogens (tertiary/aromatic N) is 4. The van der Waals surface area contributed by atoms with Crippen molar-refractivity contribution in [3.05, 3.63) is 18.0 Å². The molecule has 4 rings (SSSR count). The van der Waals surface area contributed by atoms with Crippen LogP contribution in [0.3, 0.4) is 0 Å². The first-order chi connectivity index (χ1) is 8.20. The molecular formula is C12H14N4O. The summed E-state index contributed by atoms with van der Waals surface area (Å²) in [6.45, 7) is 2.79. The fourth-order valence-corrected chi connectivity index (χ4v) is 2.50. The fraction of sp³-hybridized carbons (Fsp3) is 0.500. The van der Waals surface area contributed by atoms with Gasteiger partial charge in [0.15, 0.2) is 17.2 Å². The molecule has 0 amide bonds. The van der Waals surface area contributed by atoms with Crippen LogP contribution >= 0.6 is 0 Å². The van der Waals surface area contributed by atoms with Crippen LogP contribution in [0.4, 0.5) is 5.82 Å². The molecule has 0 saturated heterocycles. The lowest BCUT2D eigenvalue weighted by molar-refractivity contribution is 0.252. The molecule has 17 heavy (non-hydrogen) atoms. The van der Waals surface area contributed by atoms with E-state index in [0.717, 1.165) is 29.4 Å². The van der Waals surface area contributed by atoms with Gasteiger partial charge >= 0.3 is 0 Å². The molecule has 3 heterocycles. The van der Waals surface area contributed by atoms with Crippen molar-refractivity contribution in [1.29, 1.82) is 0 Å². The van der Waals surface area contributed by atoms with Crippen LogP contribution in [-0.4, -0.2) is 33.8 Å². The molecule has 5 heteroatoms. The first kappa shape index (κ1) is 9.27. The second-order valence-electron chi connectivity index (χ2n) is 5.10. The molecule has 1 spiro atoms. The minimum atomic E-state index is 0.215. The van der Waals surface area contributed by atoms with Crippen LogP contribution in [0.1, 0.15) is 18.4 Å². The number of anilines is 1. The van der Waals surface area contributed by atoms with Gasteiger partial charge in [0.2, 0.25) is 0 Å². The van der Waals surface area contributed by atoms with E-state index in [1.165, 1.54) is 12.8 Å². The molecule has 1 aliphatic heterocycles. The summed E-state index contributed by atoms with van der Waals surface area (Å²) in [6, 6.07) is 0. The first-order valence-electron chi connectivity index (χ1n) is 5.91. The van der Waals surface area contributed by atoms with Gasteiger partial charge in [-0.25, -0.2) is 9.50 Å². The largest absolute Gasteiger partial charge is 0.486 e. The van der Waals surface area contributed by atoms with Crippen molar-refractivity contribution in [2.45, 2.75) is 25.3 Å². The Labute approximate surface area is 99.0 Å². The molecule has 1 aliphatic carbocycles. The molecule has 2 aromatic heterocycles. The molecule has 1 fully saturated rings. The quantitative estimate of drug-likeness (QED) is 0.686. The van der Waals surface area contributed by atoms with Crippen molar-refractivity contribution < 1.29 is 4.74 Å². The van der Waals surface area contributed by atoms with Crippen LogP contribution in [0.2, 0.25) is 0 Å². The predicted octanol–water partition coefficient (Wildman–Crippen LogP) is 1.40. The number of aryl methyl sites for hydroxylation is 1. The molecule has 0 aromatic carbocycles. The molecule has 0 bridgehead atoms. The Hall–Kier alpha value is -1.78. The Bertz CT molecular complexity index is 614. The van der Waals surface area contributed by atoms with Crippen molar-refractivity contribution in [2.24, 2.45) is 0 Å². The third-order valence-electron chi connectivity index (χ3n) is 3.97. The number of hydrogen-bond donors (Lipinski definition) is 0. The van der Waals surface area contributed by atoms with Gasteiger partial charge in [0, 0.05) is 12.6 Å². The highest BCUT2D eigenvalue weighted by Crippen LogP contribution is 2.48. The lowest BCUT2D eigenvalue weighted by atomic mass is 10.2. The van der Waals surface area contributed by atoms with Gasteiger partial charge in [-0.05, 0) is 19.8 Å². The zero-order chi connectivity index (χ0) is 11.6. The Morgan fingerprint density at radius 2 is 2.24 bits per heavy atom. The highest BCUT2D eigenvalue weighted by molar-refractivity contribution is 5.62. The predicted molar refractivity (Wildman–Crippen MR) is 63.6 cm³/mol. The zero-order valence-electron chi connectivity index (χ0n) is 9.97. The molecule has 88 valence electrons. The maximum absolute atomic E-state index is 5.82. The molecule has 0 N–H and O–H groups in total. The summed E-state index contributed by atoms with van der Waals surface area (Å²) < 4.78 is 7.61. The molecule has 2 aromatic rings. The molecule has 1 saturated carbocycles. The summed E-state index contributed by atoms with van der Waals surface area (Å²) in [4.78, 5) is 6.97. The van der Waals surface area contributed by atoms with Crippen LogP contribution in [0.15, 0.2) is 12.4 Å². The molecule has 0 unspecified atom stereocenters. The maximum atomic E-state index is 5.82. The van der Waals surface area contributed by atoms with Crippen LogP contribution in [0.5, 0.6) is 5.75 Å². The molecular weight excluding hydrogens is 216 g/mol. The van der Waals surface area contributed by atoms with E-state index in [9.17, 15) is 0 Å². The van der Waals surface area contributed by atoms with E-state index in [4.69, 9.17) is 9.72 Å². The number of likely N-dealkylation sites (N-methyl/N-ethyl adjacent to an activating group) is 1. The fourth-order valence-electron chi connectivity index (χ4n) is 2.50. The normalized spacial score (nSPS) is 20.5. The van der Waals surface area contributed by atoms with E-state index < -0.39 is 0 Å². The van der Waals surface area contributed by atoms with Gasteiger partial charge in [0.1, 0.15) is 6.61 Å². The van der Waals surface area contributed by atoms with Crippen molar-refractivity contribution in [1.82, 2.24) is 14.6 Å². The van der Waals surface area contributed by atoms with E-state index in [0.29, 0.717) is 0 Å². The van der Waals surface area contributed by atoms with Crippen molar-refractivity contribution >= 4 is 11.5 Å². The second kappa shape index (κ2) is 2.72. The summed E-state index contributed by atoms with van der Waals surface area (Å²) in [7, 11) is 2.11. The minimum Gasteiger partial charge on any atom is -0.486 e. The number of hydrogen-bond acceptors (Lipinski definition) is 4. The summed E-state index contributed by atoms with van der Waals surface area (Å²) in [5, 5.41) is 4.26. The Kier molecular flexibility index (Phi) is 1.48. The average molecular weight is 230 g/mol. The smallest absolute Gasteiger partial charge is 0.180 e. The van der Waals surface area contributed by atoms with Crippen molar-refractivity contribution in [2.75, 3.05) is 18.6 Å². The van der Waals surface area contributed by atoms with Gasteiger partial charge < -0.3 is 9.64 Å². The minimum absolute atomic E-state index is 0.215. The molecule has 0 atom stereocenters. The zero-order valence-corrected chi connectivity index (χ0v) is 9.97. The van der Waals surface area contributed by atoms with Crippen molar-refractivity contribution in [3.63, 3.8) is 0 Å². The summed E-state index contributed by atoms with van der Waals surface area (Å²) >= 11 is 0. The molecule has 2 aliphatic rings. The van der Waals surface area contributed by atoms with E-state index in [2.05, 4.69) is 17.0 Å². The average Bonchev–Trinajstić information content (AvgIpc) is 3.04. The SMILES string of the molecule is Cc1cnn2cc3c(nc12)N(C)C1(CC1)CO3. The van der Waals surface area contributed by atoms with E-state index >= 15 is 0 Å². The summed E-state index contributed by atoms with van der Waals surface area (Å²) in [5.74, 6) is 1.78. The van der Waals surface area contributed by atoms with Crippen LogP contribution in [0.25, 0.3) is 5.65 Å². The number of ether oxygens (including phenoxy) is 1. The number of rotatable bonds is 0. The number of fused-ring (bicyclic) bond motifs is 2. The third-order valence-corrected chi connectivity index (χ3v) is 3.97. The van der Waals surface area contributed by atoms with Gasteiger partial charge in [-0.2, -0.15) is 5.10 Å². The Morgan fingerprint density at radius 1 is 1.41 bits per heavy atom. The van der Waals surface area contributed by atoms with Crippen LogP contribution in [0, 0.1) is 6.92 Å². The van der Waals surface area contributed by atoms with Gasteiger partial charge in [-0.3, -0.25) is 0 Å². The highest BCUT2D eigenvalue weighted by atomic mass is 16.5. The molecule has 5 nitrogen and oxygen atoms in total. The van der Waals surface area contributed by atoms with Gasteiger partial charge in [-0.15, -0.1) is 0 Å². The first-order valence-corrected chi connectivity index (χ1v) is 5.91. The van der Waals surface area contributed by atoms with Gasteiger partial charge in [-0.1, -0.05) is 0 Å². The van der Waals surface area contributed by atoms with E-state index in [1.807, 2.05) is 19.3 Å². The number of aromatic nitrogens is 3. The topological polar surface area (TPSA) is 42.7 Å². The third kappa shape index (κ3) is 1.09. The second-order valence-corrected chi connectivity index (χ2v) is 5.10. The maximum Gasteiger partial charge on any atom is 0.180 e. The van der Waals surface area contributed by atoms with Crippen LogP contribution < -0.4 is 9.64 Å². The standard InChI is InChI=1S/C12H14N4O/c1-8-5-13-16-6-9-11(14-10(8)16)15(2)12(3-4-12)7-17-9/h5-6H,3-4,7H2,1-2H3. The monoisotopic (exact) mass is 230 g/mol.